The Hall–Kier alpha value is -3.02. The summed E-state index contributed by atoms with van der Waals surface area (Å²) in [6.45, 7) is 9.59. The van der Waals surface area contributed by atoms with Gasteiger partial charge in [0, 0.05) is 24.7 Å². The van der Waals surface area contributed by atoms with Gasteiger partial charge in [0.05, 0.1) is 6.54 Å². The standard InChI is InChI=1S/C24H28FN3O2/c1-16(2)13-27(14-17(3)4)23(29)21-12-19-6-5-11-26-22(19)28(24(21)30)15-18-7-9-20(25)10-8-18/h5-12,16-17H,13-15H2,1-4H3. The molecule has 158 valence electrons. The largest absolute Gasteiger partial charge is 0.338 e. The molecule has 2 aromatic heterocycles. The van der Waals surface area contributed by atoms with E-state index in [1.165, 1.54) is 16.7 Å². The van der Waals surface area contributed by atoms with Gasteiger partial charge in [-0.1, -0.05) is 39.8 Å². The van der Waals surface area contributed by atoms with Gasteiger partial charge >= 0.3 is 0 Å². The van der Waals surface area contributed by atoms with Crippen molar-refractivity contribution < 1.29 is 9.18 Å². The summed E-state index contributed by atoms with van der Waals surface area (Å²) in [6.07, 6.45) is 1.62. The second-order valence-electron chi connectivity index (χ2n) is 8.49. The lowest BCUT2D eigenvalue weighted by Crippen LogP contribution is -2.40. The summed E-state index contributed by atoms with van der Waals surface area (Å²) in [7, 11) is 0. The third kappa shape index (κ3) is 4.93. The molecule has 30 heavy (non-hydrogen) atoms. The minimum absolute atomic E-state index is 0.138. The highest BCUT2D eigenvalue weighted by Gasteiger charge is 2.23. The van der Waals surface area contributed by atoms with E-state index in [-0.39, 0.29) is 41.2 Å². The van der Waals surface area contributed by atoms with Gasteiger partial charge in [-0.25, -0.2) is 9.37 Å². The van der Waals surface area contributed by atoms with Crippen LogP contribution in [0.4, 0.5) is 4.39 Å². The predicted molar refractivity (Wildman–Crippen MR) is 117 cm³/mol. The molecule has 5 nitrogen and oxygen atoms in total. The number of fused-ring (bicyclic) bond motifs is 1. The van der Waals surface area contributed by atoms with Crippen LogP contribution in [0, 0.1) is 17.7 Å². The molecule has 0 bridgehead atoms. The highest BCUT2D eigenvalue weighted by molar-refractivity contribution is 5.97. The molecule has 0 aliphatic rings. The minimum Gasteiger partial charge on any atom is -0.338 e. The molecule has 0 aliphatic heterocycles. The van der Waals surface area contributed by atoms with Crippen LogP contribution in [0.15, 0.2) is 53.5 Å². The Balaban J connectivity index is 2.11. The van der Waals surface area contributed by atoms with E-state index in [4.69, 9.17) is 0 Å². The van der Waals surface area contributed by atoms with E-state index in [0.29, 0.717) is 18.7 Å². The molecular weight excluding hydrogens is 381 g/mol. The molecule has 1 amide bonds. The summed E-state index contributed by atoms with van der Waals surface area (Å²) < 4.78 is 14.8. The van der Waals surface area contributed by atoms with Gasteiger partial charge in [-0.05, 0) is 47.7 Å². The smallest absolute Gasteiger partial charge is 0.265 e. The van der Waals surface area contributed by atoms with E-state index in [2.05, 4.69) is 32.7 Å². The van der Waals surface area contributed by atoms with Crippen LogP contribution in [-0.4, -0.2) is 33.4 Å². The van der Waals surface area contributed by atoms with Crippen molar-refractivity contribution in [1.82, 2.24) is 14.5 Å². The summed E-state index contributed by atoms with van der Waals surface area (Å²) in [6, 6.07) is 11.2. The minimum atomic E-state index is -0.381. The number of rotatable bonds is 7. The number of hydrogen-bond acceptors (Lipinski definition) is 3. The Morgan fingerprint density at radius 3 is 2.30 bits per heavy atom. The van der Waals surface area contributed by atoms with Gasteiger partial charge in [-0.15, -0.1) is 0 Å². The maximum atomic E-state index is 13.4. The number of nitrogens with zero attached hydrogens (tertiary/aromatic N) is 3. The van der Waals surface area contributed by atoms with Crippen LogP contribution >= 0.6 is 0 Å². The molecule has 6 heteroatoms. The van der Waals surface area contributed by atoms with E-state index in [0.717, 1.165) is 10.9 Å². The summed E-state index contributed by atoms with van der Waals surface area (Å²) in [4.78, 5) is 32.9. The number of halogens is 1. The fourth-order valence-corrected chi connectivity index (χ4v) is 3.57. The van der Waals surface area contributed by atoms with Gasteiger partial charge in [0.2, 0.25) is 0 Å². The van der Waals surface area contributed by atoms with Crippen molar-refractivity contribution in [2.75, 3.05) is 13.1 Å². The van der Waals surface area contributed by atoms with E-state index >= 15 is 0 Å². The van der Waals surface area contributed by atoms with Crippen molar-refractivity contribution in [3.63, 3.8) is 0 Å². The van der Waals surface area contributed by atoms with Crippen LogP contribution in [0.2, 0.25) is 0 Å². The van der Waals surface area contributed by atoms with Crippen molar-refractivity contribution in [2.45, 2.75) is 34.2 Å². The molecule has 0 aliphatic carbocycles. The Morgan fingerprint density at radius 1 is 1.07 bits per heavy atom. The lowest BCUT2D eigenvalue weighted by atomic mass is 10.1. The molecule has 0 radical (unpaired) electrons. The monoisotopic (exact) mass is 409 g/mol. The maximum Gasteiger partial charge on any atom is 0.265 e. The van der Waals surface area contributed by atoms with Gasteiger partial charge < -0.3 is 4.90 Å². The first-order valence-electron chi connectivity index (χ1n) is 10.3. The molecule has 0 unspecified atom stereocenters. The fourth-order valence-electron chi connectivity index (χ4n) is 3.57. The molecule has 0 spiro atoms. The number of aromatic nitrogens is 2. The molecular formula is C24H28FN3O2. The Labute approximate surface area is 176 Å². The summed E-state index contributed by atoms with van der Waals surface area (Å²) in [5.74, 6) is -0.0236. The normalized spacial score (nSPS) is 11.4. The number of carbonyl (C=O) groups is 1. The first-order chi connectivity index (χ1) is 14.3. The summed E-state index contributed by atoms with van der Waals surface area (Å²) in [5.41, 5.74) is 1.02. The molecule has 0 N–H and O–H groups in total. The quantitative estimate of drug-likeness (QED) is 0.583. The summed E-state index contributed by atoms with van der Waals surface area (Å²) >= 11 is 0. The van der Waals surface area contributed by atoms with Crippen LogP contribution in [-0.2, 0) is 6.54 Å². The SMILES string of the molecule is CC(C)CN(CC(C)C)C(=O)c1cc2cccnc2n(Cc2ccc(F)cc2)c1=O. The molecule has 3 rings (SSSR count). The van der Waals surface area contributed by atoms with Crippen LogP contribution in [0.25, 0.3) is 11.0 Å². The zero-order valence-corrected chi connectivity index (χ0v) is 17.9. The Morgan fingerprint density at radius 2 is 1.70 bits per heavy atom. The molecule has 0 saturated carbocycles. The van der Waals surface area contributed by atoms with Crippen molar-refractivity contribution in [1.29, 1.82) is 0 Å². The van der Waals surface area contributed by atoms with E-state index < -0.39 is 0 Å². The molecule has 0 fully saturated rings. The fraction of sp³-hybridized carbons (Fsp3) is 0.375. The van der Waals surface area contributed by atoms with E-state index in [1.54, 1.807) is 35.4 Å². The molecule has 0 saturated heterocycles. The second-order valence-corrected chi connectivity index (χ2v) is 8.49. The van der Waals surface area contributed by atoms with Crippen LogP contribution in [0.3, 0.4) is 0 Å². The lowest BCUT2D eigenvalue weighted by Gasteiger charge is -2.26. The zero-order valence-electron chi connectivity index (χ0n) is 17.9. The Kier molecular flexibility index (Phi) is 6.65. The van der Waals surface area contributed by atoms with Gasteiger partial charge in [-0.3, -0.25) is 14.2 Å². The number of amides is 1. The topological polar surface area (TPSA) is 55.2 Å². The molecule has 0 atom stereocenters. The highest BCUT2D eigenvalue weighted by Crippen LogP contribution is 2.16. The van der Waals surface area contributed by atoms with Crippen LogP contribution < -0.4 is 5.56 Å². The third-order valence-corrected chi connectivity index (χ3v) is 4.79. The van der Waals surface area contributed by atoms with Crippen molar-refractivity contribution >= 4 is 16.9 Å². The number of benzene rings is 1. The predicted octanol–water partition coefficient (Wildman–Crippen LogP) is 4.34. The number of carbonyl (C=O) groups excluding carboxylic acids is 1. The average Bonchev–Trinajstić information content (AvgIpc) is 2.69. The van der Waals surface area contributed by atoms with Crippen molar-refractivity contribution in [2.24, 2.45) is 11.8 Å². The van der Waals surface area contributed by atoms with Gasteiger partial charge in [0.1, 0.15) is 17.0 Å². The first kappa shape index (κ1) is 21.7. The van der Waals surface area contributed by atoms with Crippen LogP contribution in [0.5, 0.6) is 0 Å². The maximum absolute atomic E-state index is 13.4. The van der Waals surface area contributed by atoms with Crippen LogP contribution in [0.1, 0.15) is 43.6 Å². The number of hydrogen-bond donors (Lipinski definition) is 0. The summed E-state index contributed by atoms with van der Waals surface area (Å²) in [5, 5.41) is 0.719. The highest BCUT2D eigenvalue weighted by atomic mass is 19.1. The van der Waals surface area contributed by atoms with Crippen molar-refractivity contribution in [3.05, 3.63) is 76.0 Å². The van der Waals surface area contributed by atoms with Gasteiger partial charge in [0.25, 0.3) is 11.5 Å². The van der Waals surface area contributed by atoms with Crippen molar-refractivity contribution in [3.8, 4) is 0 Å². The van der Waals surface area contributed by atoms with Gasteiger partial charge in [-0.2, -0.15) is 0 Å². The zero-order chi connectivity index (χ0) is 21.8. The Bertz CT molecular complexity index is 1080. The number of pyridine rings is 2. The third-order valence-electron chi connectivity index (χ3n) is 4.79. The van der Waals surface area contributed by atoms with E-state index in [1.807, 2.05) is 6.07 Å². The average molecular weight is 410 g/mol. The first-order valence-corrected chi connectivity index (χ1v) is 10.3. The second kappa shape index (κ2) is 9.20. The lowest BCUT2D eigenvalue weighted by molar-refractivity contribution is 0.0713. The van der Waals surface area contributed by atoms with E-state index in [9.17, 15) is 14.0 Å². The molecule has 2 heterocycles. The molecule has 1 aromatic carbocycles. The van der Waals surface area contributed by atoms with Gasteiger partial charge in [0.15, 0.2) is 0 Å². The molecule has 3 aromatic rings.